The second-order valence-electron chi connectivity index (χ2n) is 5.01. The van der Waals surface area contributed by atoms with E-state index in [1.807, 2.05) is 0 Å². The van der Waals surface area contributed by atoms with Gasteiger partial charge in [0.05, 0.1) is 17.1 Å². The molecule has 0 radical (unpaired) electrons. The number of hydrogen-bond acceptors (Lipinski definition) is 2. The minimum absolute atomic E-state index is 0.155. The predicted octanol–water partition coefficient (Wildman–Crippen LogP) is 4.16. The van der Waals surface area contributed by atoms with Crippen molar-refractivity contribution in [2.45, 2.75) is 37.9 Å². The van der Waals surface area contributed by atoms with E-state index < -0.39 is 11.7 Å². The number of benzene rings is 1. The molecule has 2 rings (SSSR count). The van der Waals surface area contributed by atoms with Gasteiger partial charge in [-0.25, -0.2) is 0 Å². The summed E-state index contributed by atoms with van der Waals surface area (Å²) in [6.07, 6.45) is -0.543. The van der Waals surface area contributed by atoms with E-state index in [2.05, 4.69) is 21.2 Å². The molecule has 0 aromatic heterocycles. The Morgan fingerprint density at radius 1 is 1.35 bits per heavy atom. The molecule has 20 heavy (non-hydrogen) atoms. The Morgan fingerprint density at radius 3 is 2.65 bits per heavy atom. The van der Waals surface area contributed by atoms with Crippen LogP contribution in [0, 0.1) is 0 Å². The Balaban J connectivity index is 2.28. The van der Waals surface area contributed by atoms with Crippen LogP contribution >= 0.6 is 15.9 Å². The van der Waals surface area contributed by atoms with Gasteiger partial charge in [0, 0.05) is 6.04 Å². The van der Waals surface area contributed by atoms with Gasteiger partial charge in [0.25, 0.3) is 0 Å². The molecule has 1 aliphatic rings. The maximum atomic E-state index is 13.1. The molecule has 0 amide bonds. The van der Waals surface area contributed by atoms with Crippen molar-refractivity contribution in [1.29, 1.82) is 0 Å². The van der Waals surface area contributed by atoms with E-state index in [1.165, 1.54) is 13.2 Å². The fourth-order valence-corrected chi connectivity index (χ4v) is 3.24. The van der Waals surface area contributed by atoms with Crippen LogP contribution in [0.2, 0.25) is 0 Å². The van der Waals surface area contributed by atoms with Gasteiger partial charge < -0.3 is 10.1 Å². The summed E-state index contributed by atoms with van der Waals surface area (Å²) in [5.41, 5.74) is -0.0513. The van der Waals surface area contributed by atoms with Crippen LogP contribution in [0.15, 0.2) is 16.6 Å². The highest BCUT2D eigenvalue weighted by molar-refractivity contribution is 9.10. The second kappa shape index (κ2) is 6.35. The number of hydrogen-bond donors (Lipinski definition) is 1. The highest BCUT2D eigenvalue weighted by atomic mass is 79.9. The maximum Gasteiger partial charge on any atom is 0.420 e. The summed E-state index contributed by atoms with van der Waals surface area (Å²) in [7, 11) is 1.25. The summed E-state index contributed by atoms with van der Waals surface area (Å²) in [4.78, 5) is 0. The lowest BCUT2D eigenvalue weighted by Gasteiger charge is -2.24. The van der Waals surface area contributed by atoms with Crippen LogP contribution < -0.4 is 10.1 Å². The first-order valence-corrected chi connectivity index (χ1v) is 7.38. The predicted molar refractivity (Wildman–Crippen MR) is 75.0 cm³/mol. The van der Waals surface area contributed by atoms with Gasteiger partial charge in [0.15, 0.2) is 0 Å². The largest absolute Gasteiger partial charge is 0.495 e. The quantitative estimate of drug-likeness (QED) is 0.882. The molecule has 1 aromatic carbocycles. The molecule has 1 aromatic rings. The van der Waals surface area contributed by atoms with Gasteiger partial charge in [-0.05, 0) is 59.4 Å². The fraction of sp³-hybridized carbons (Fsp3) is 0.571. The van der Waals surface area contributed by atoms with Crippen molar-refractivity contribution >= 4 is 15.9 Å². The molecule has 1 heterocycles. The van der Waals surface area contributed by atoms with Crippen molar-refractivity contribution in [1.82, 2.24) is 5.32 Å². The molecular formula is C14H17BrF3NO. The molecular weight excluding hydrogens is 335 g/mol. The Morgan fingerprint density at radius 2 is 2.10 bits per heavy atom. The lowest BCUT2D eigenvalue weighted by atomic mass is 9.96. The molecule has 6 heteroatoms. The van der Waals surface area contributed by atoms with E-state index in [9.17, 15) is 13.2 Å². The highest BCUT2D eigenvalue weighted by Gasteiger charge is 2.35. The molecule has 112 valence electrons. The lowest BCUT2D eigenvalue weighted by Crippen LogP contribution is -2.35. The molecule has 0 spiro atoms. The maximum absolute atomic E-state index is 13.1. The molecule has 1 unspecified atom stereocenters. The lowest BCUT2D eigenvalue weighted by molar-refractivity contribution is -0.138. The zero-order chi connectivity index (χ0) is 14.8. The van der Waals surface area contributed by atoms with Crippen LogP contribution in [-0.4, -0.2) is 19.7 Å². The van der Waals surface area contributed by atoms with Gasteiger partial charge in [-0.1, -0.05) is 6.42 Å². The van der Waals surface area contributed by atoms with Crippen molar-refractivity contribution in [3.8, 4) is 5.75 Å². The van der Waals surface area contributed by atoms with Gasteiger partial charge in [-0.15, -0.1) is 0 Å². The number of halogens is 4. The van der Waals surface area contributed by atoms with Crippen LogP contribution in [0.3, 0.4) is 0 Å². The number of piperidine rings is 1. The third-order valence-corrected chi connectivity index (χ3v) is 4.10. The van der Waals surface area contributed by atoms with Gasteiger partial charge in [0.1, 0.15) is 5.75 Å². The Kier molecular flexibility index (Phi) is 4.96. The van der Waals surface area contributed by atoms with Gasteiger partial charge >= 0.3 is 6.18 Å². The van der Waals surface area contributed by atoms with Crippen molar-refractivity contribution in [3.63, 3.8) is 0 Å². The Bertz CT molecular complexity index is 470. The third-order valence-electron chi connectivity index (χ3n) is 3.51. The second-order valence-corrected chi connectivity index (χ2v) is 5.86. The standard InChI is InChI=1S/C14H17BrF3NO/c1-20-13-11(14(16,17)18)7-9(8-12(13)15)6-10-4-2-3-5-19-10/h7-8,10,19H,2-6H2,1H3. The zero-order valence-electron chi connectivity index (χ0n) is 11.2. The first-order chi connectivity index (χ1) is 9.41. The monoisotopic (exact) mass is 351 g/mol. The number of rotatable bonds is 3. The Labute approximate surface area is 124 Å². The van der Waals surface area contributed by atoms with Gasteiger partial charge in [-0.3, -0.25) is 0 Å². The van der Waals surface area contributed by atoms with E-state index in [0.29, 0.717) is 16.5 Å². The van der Waals surface area contributed by atoms with Gasteiger partial charge in [-0.2, -0.15) is 13.2 Å². The number of nitrogens with one attached hydrogen (secondary N) is 1. The molecule has 0 bridgehead atoms. The third kappa shape index (κ3) is 3.67. The summed E-state index contributed by atoms with van der Waals surface area (Å²) in [5, 5.41) is 3.35. The Hall–Kier alpha value is -0.750. The van der Waals surface area contributed by atoms with Gasteiger partial charge in [0.2, 0.25) is 0 Å². The van der Waals surface area contributed by atoms with Crippen molar-refractivity contribution in [2.24, 2.45) is 0 Å². The van der Waals surface area contributed by atoms with Crippen molar-refractivity contribution < 1.29 is 17.9 Å². The minimum atomic E-state index is -4.41. The summed E-state index contributed by atoms with van der Waals surface area (Å²) in [5.74, 6) is -0.155. The molecule has 0 aliphatic carbocycles. The summed E-state index contributed by atoms with van der Waals surface area (Å²) in [6.45, 7) is 0.939. The van der Waals surface area contributed by atoms with E-state index in [1.54, 1.807) is 6.07 Å². The number of methoxy groups -OCH3 is 1. The number of ether oxygens (including phenoxy) is 1. The highest BCUT2D eigenvalue weighted by Crippen LogP contribution is 2.41. The van der Waals surface area contributed by atoms with E-state index in [0.717, 1.165) is 25.8 Å². The average Bonchev–Trinajstić information content (AvgIpc) is 2.38. The van der Waals surface area contributed by atoms with Crippen molar-refractivity contribution in [2.75, 3.05) is 13.7 Å². The zero-order valence-corrected chi connectivity index (χ0v) is 12.8. The molecule has 1 aliphatic heterocycles. The van der Waals surface area contributed by atoms with Crippen LogP contribution in [0.5, 0.6) is 5.75 Å². The molecule has 1 fully saturated rings. The van der Waals surface area contributed by atoms with E-state index in [-0.39, 0.29) is 11.8 Å². The van der Waals surface area contributed by atoms with Crippen LogP contribution in [0.25, 0.3) is 0 Å². The average molecular weight is 352 g/mol. The van der Waals surface area contributed by atoms with Crippen LogP contribution in [0.1, 0.15) is 30.4 Å². The van der Waals surface area contributed by atoms with Crippen LogP contribution in [-0.2, 0) is 12.6 Å². The molecule has 1 N–H and O–H groups in total. The molecule has 1 atom stereocenters. The first kappa shape index (κ1) is 15.6. The minimum Gasteiger partial charge on any atom is -0.495 e. The number of alkyl halides is 3. The summed E-state index contributed by atoms with van der Waals surface area (Å²) >= 11 is 3.17. The fourth-order valence-electron chi connectivity index (χ4n) is 2.57. The normalized spacial score (nSPS) is 19.9. The summed E-state index contributed by atoms with van der Waals surface area (Å²) in [6, 6.07) is 3.16. The van der Waals surface area contributed by atoms with E-state index in [4.69, 9.17) is 4.74 Å². The van der Waals surface area contributed by atoms with E-state index >= 15 is 0 Å². The topological polar surface area (TPSA) is 21.3 Å². The van der Waals surface area contributed by atoms with Crippen LogP contribution in [0.4, 0.5) is 13.2 Å². The molecule has 1 saturated heterocycles. The van der Waals surface area contributed by atoms with Crippen molar-refractivity contribution in [3.05, 3.63) is 27.7 Å². The molecule has 0 saturated carbocycles. The summed E-state index contributed by atoms with van der Waals surface area (Å²) < 4.78 is 44.4. The SMILES string of the molecule is COc1c(Br)cc(CC2CCCCN2)cc1C(F)(F)F. The molecule has 2 nitrogen and oxygen atoms in total. The smallest absolute Gasteiger partial charge is 0.420 e. The first-order valence-electron chi connectivity index (χ1n) is 6.59.